The molecule has 2 nitrogen and oxygen atoms in total. The first-order chi connectivity index (χ1) is 6.72. The van der Waals surface area contributed by atoms with E-state index in [-0.39, 0.29) is 5.60 Å². The quantitative estimate of drug-likeness (QED) is 0.718. The fourth-order valence-electron chi connectivity index (χ4n) is 1.67. The third-order valence-electron chi connectivity index (χ3n) is 2.71. The predicted octanol–water partition coefficient (Wildman–Crippen LogP) is 2.79. The van der Waals surface area contributed by atoms with Crippen LogP contribution in [0.5, 0.6) is 0 Å². The molecule has 0 atom stereocenters. The highest BCUT2D eigenvalue weighted by Crippen LogP contribution is 2.50. The summed E-state index contributed by atoms with van der Waals surface area (Å²) in [6.07, 6.45) is 2.80. The van der Waals surface area contributed by atoms with Crippen LogP contribution in [0, 0.1) is 0 Å². The summed E-state index contributed by atoms with van der Waals surface area (Å²) in [5.41, 5.74) is 1.41. The SMILES string of the molecule is COC1(c2ccc(C=O)cc2Cl)CC1. The minimum Gasteiger partial charge on any atom is -0.373 e. The molecule has 0 amide bonds. The summed E-state index contributed by atoms with van der Waals surface area (Å²) in [5, 5.41) is 0.619. The van der Waals surface area contributed by atoms with Crippen molar-refractivity contribution in [3.8, 4) is 0 Å². The van der Waals surface area contributed by atoms with E-state index in [0.29, 0.717) is 10.6 Å². The summed E-state index contributed by atoms with van der Waals surface area (Å²) in [6, 6.07) is 5.33. The molecule has 1 aromatic carbocycles. The van der Waals surface area contributed by atoms with Gasteiger partial charge in [0.05, 0.1) is 5.60 Å². The van der Waals surface area contributed by atoms with Crippen LogP contribution in [0.4, 0.5) is 0 Å². The largest absolute Gasteiger partial charge is 0.373 e. The van der Waals surface area contributed by atoms with Gasteiger partial charge in [-0.3, -0.25) is 4.79 Å². The maximum Gasteiger partial charge on any atom is 0.150 e. The molecule has 0 saturated heterocycles. The third kappa shape index (κ3) is 1.45. The van der Waals surface area contributed by atoms with E-state index in [1.165, 1.54) is 0 Å². The van der Waals surface area contributed by atoms with Gasteiger partial charge in [0.25, 0.3) is 0 Å². The lowest BCUT2D eigenvalue weighted by atomic mass is 10.1. The van der Waals surface area contributed by atoms with Crippen LogP contribution in [0.3, 0.4) is 0 Å². The van der Waals surface area contributed by atoms with Crippen molar-refractivity contribution in [3.05, 3.63) is 34.3 Å². The fourth-order valence-corrected chi connectivity index (χ4v) is 2.03. The molecule has 3 heteroatoms. The number of aldehydes is 1. The number of carbonyl (C=O) groups is 1. The third-order valence-corrected chi connectivity index (χ3v) is 3.03. The first kappa shape index (κ1) is 9.69. The highest BCUT2D eigenvalue weighted by atomic mass is 35.5. The zero-order valence-electron chi connectivity index (χ0n) is 7.92. The summed E-state index contributed by atoms with van der Waals surface area (Å²) in [5.74, 6) is 0. The average Bonchev–Trinajstić information content (AvgIpc) is 2.98. The average molecular weight is 211 g/mol. The Hall–Kier alpha value is -0.860. The summed E-state index contributed by atoms with van der Waals surface area (Å²) in [6.45, 7) is 0. The highest BCUT2D eigenvalue weighted by Gasteiger charge is 2.45. The molecule has 1 aliphatic carbocycles. The number of hydrogen-bond acceptors (Lipinski definition) is 2. The molecule has 14 heavy (non-hydrogen) atoms. The van der Waals surface area contributed by atoms with Gasteiger partial charge in [0.1, 0.15) is 6.29 Å². The van der Waals surface area contributed by atoms with Gasteiger partial charge in [0, 0.05) is 23.3 Å². The van der Waals surface area contributed by atoms with Crippen molar-refractivity contribution in [3.63, 3.8) is 0 Å². The molecular weight excluding hydrogens is 200 g/mol. The van der Waals surface area contributed by atoms with E-state index in [9.17, 15) is 4.79 Å². The molecule has 0 heterocycles. The zero-order valence-corrected chi connectivity index (χ0v) is 8.67. The summed E-state index contributed by atoms with van der Waals surface area (Å²) in [7, 11) is 1.69. The smallest absolute Gasteiger partial charge is 0.150 e. The van der Waals surface area contributed by atoms with Gasteiger partial charge in [0.15, 0.2) is 0 Å². The minimum absolute atomic E-state index is 0.182. The van der Waals surface area contributed by atoms with Gasteiger partial charge in [-0.25, -0.2) is 0 Å². The topological polar surface area (TPSA) is 26.3 Å². The lowest BCUT2D eigenvalue weighted by Crippen LogP contribution is -2.09. The second-order valence-electron chi connectivity index (χ2n) is 3.56. The van der Waals surface area contributed by atoms with Gasteiger partial charge in [-0.2, -0.15) is 0 Å². The lowest BCUT2D eigenvalue weighted by molar-refractivity contribution is 0.0789. The second kappa shape index (κ2) is 3.37. The molecule has 1 saturated carbocycles. The van der Waals surface area contributed by atoms with Gasteiger partial charge in [0.2, 0.25) is 0 Å². The van der Waals surface area contributed by atoms with Crippen molar-refractivity contribution in [2.45, 2.75) is 18.4 Å². The molecule has 0 radical (unpaired) electrons. The molecule has 2 rings (SSSR count). The Bertz CT molecular complexity index is 370. The lowest BCUT2D eigenvalue weighted by Gasteiger charge is -2.15. The predicted molar refractivity (Wildman–Crippen MR) is 54.8 cm³/mol. The Kier molecular flexibility index (Phi) is 2.33. The molecule has 0 aromatic heterocycles. The van der Waals surface area contributed by atoms with Gasteiger partial charge in [-0.15, -0.1) is 0 Å². The van der Waals surface area contributed by atoms with Crippen LogP contribution in [0.25, 0.3) is 0 Å². The first-order valence-corrected chi connectivity index (χ1v) is 4.90. The van der Waals surface area contributed by atoms with Crippen molar-refractivity contribution in [2.24, 2.45) is 0 Å². The molecule has 74 valence electrons. The Labute approximate surface area is 87.8 Å². The van der Waals surface area contributed by atoms with Crippen molar-refractivity contribution >= 4 is 17.9 Å². The number of benzene rings is 1. The van der Waals surface area contributed by atoms with E-state index in [2.05, 4.69) is 0 Å². The van der Waals surface area contributed by atoms with Crippen molar-refractivity contribution in [2.75, 3.05) is 7.11 Å². The normalized spacial score (nSPS) is 17.9. The van der Waals surface area contributed by atoms with Crippen LogP contribution in [-0.2, 0) is 10.3 Å². The van der Waals surface area contributed by atoms with Crippen LogP contribution in [0.2, 0.25) is 5.02 Å². The van der Waals surface area contributed by atoms with Gasteiger partial charge >= 0.3 is 0 Å². The number of rotatable bonds is 3. The molecule has 0 bridgehead atoms. The van der Waals surface area contributed by atoms with Crippen LogP contribution in [0.15, 0.2) is 18.2 Å². The molecule has 0 aliphatic heterocycles. The fraction of sp³-hybridized carbons (Fsp3) is 0.364. The molecule has 1 aliphatic rings. The van der Waals surface area contributed by atoms with E-state index >= 15 is 0 Å². The van der Waals surface area contributed by atoms with Crippen LogP contribution in [0.1, 0.15) is 28.8 Å². The number of halogens is 1. The molecule has 0 N–H and O–H groups in total. The Morgan fingerprint density at radius 2 is 2.21 bits per heavy atom. The van der Waals surface area contributed by atoms with E-state index in [1.54, 1.807) is 19.2 Å². The van der Waals surface area contributed by atoms with Gasteiger partial charge in [-0.05, 0) is 18.9 Å². The van der Waals surface area contributed by atoms with Crippen molar-refractivity contribution in [1.82, 2.24) is 0 Å². The monoisotopic (exact) mass is 210 g/mol. The van der Waals surface area contributed by atoms with E-state index < -0.39 is 0 Å². The summed E-state index contributed by atoms with van der Waals surface area (Å²) in [4.78, 5) is 10.5. The molecule has 1 fully saturated rings. The van der Waals surface area contributed by atoms with Gasteiger partial charge in [-0.1, -0.05) is 23.7 Å². The Balaban J connectivity index is 2.40. The second-order valence-corrected chi connectivity index (χ2v) is 3.96. The Morgan fingerprint density at radius 1 is 1.50 bits per heavy atom. The van der Waals surface area contributed by atoms with Crippen molar-refractivity contribution < 1.29 is 9.53 Å². The Morgan fingerprint density at radius 3 is 2.64 bits per heavy atom. The van der Waals surface area contributed by atoms with Crippen LogP contribution >= 0.6 is 11.6 Å². The number of hydrogen-bond donors (Lipinski definition) is 0. The zero-order chi connectivity index (χ0) is 10.2. The maximum atomic E-state index is 10.5. The van der Waals surface area contributed by atoms with Crippen LogP contribution < -0.4 is 0 Å². The van der Waals surface area contributed by atoms with Gasteiger partial charge < -0.3 is 4.74 Å². The van der Waals surface area contributed by atoms with Crippen LogP contribution in [-0.4, -0.2) is 13.4 Å². The standard InChI is InChI=1S/C11H11ClO2/c1-14-11(4-5-11)9-3-2-8(7-13)6-10(9)12/h2-3,6-7H,4-5H2,1H3. The van der Waals surface area contributed by atoms with E-state index in [4.69, 9.17) is 16.3 Å². The summed E-state index contributed by atoms with van der Waals surface area (Å²) >= 11 is 6.07. The highest BCUT2D eigenvalue weighted by molar-refractivity contribution is 6.31. The number of carbonyl (C=O) groups excluding carboxylic acids is 1. The number of methoxy groups -OCH3 is 1. The molecule has 0 unspecified atom stereocenters. The minimum atomic E-state index is -0.182. The molecule has 0 spiro atoms. The first-order valence-electron chi connectivity index (χ1n) is 4.52. The van der Waals surface area contributed by atoms with Crippen molar-refractivity contribution in [1.29, 1.82) is 0 Å². The summed E-state index contributed by atoms with van der Waals surface area (Å²) < 4.78 is 5.42. The van der Waals surface area contributed by atoms with E-state index in [0.717, 1.165) is 24.7 Å². The molecular formula is C11H11ClO2. The number of ether oxygens (including phenoxy) is 1. The maximum absolute atomic E-state index is 10.5. The van der Waals surface area contributed by atoms with E-state index in [1.807, 2.05) is 6.07 Å². The molecule has 1 aromatic rings.